The van der Waals surface area contributed by atoms with Crippen LogP contribution in [0.1, 0.15) is 26.8 Å². The van der Waals surface area contributed by atoms with Crippen LogP contribution in [0.4, 0.5) is 11.6 Å². The van der Waals surface area contributed by atoms with Gasteiger partial charge in [-0.2, -0.15) is 10.1 Å². The molecular formula is C16H18ClN5O. The smallest absolute Gasteiger partial charge is 0.255 e. The van der Waals surface area contributed by atoms with Gasteiger partial charge in [-0.1, -0.05) is 25.4 Å². The zero-order valence-corrected chi connectivity index (χ0v) is 13.9. The molecule has 6 nitrogen and oxygen atoms in total. The maximum Gasteiger partial charge on any atom is 0.255 e. The van der Waals surface area contributed by atoms with Crippen LogP contribution in [-0.4, -0.2) is 20.7 Å². The summed E-state index contributed by atoms with van der Waals surface area (Å²) in [6.07, 6.45) is 1.49. The maximum absolute atomic E-state index is 12.8. The molecule has 0 radical (unpaired) electrons. The number of hydrogen-bond acceptors (Lipinski definition) is 4. The summed E-state index contributed by atoms with van der Waals surface area (Å²) in [5, 5.41) is 10.9. The minimum absolute atomic E-state index is 0.155. The molecule has 0 aliphatic carbocycles. The fourth-order valence-corrected chi connectivity index (χ4v) is 2.90. The predicted octanol–water partition coefficient (Wildman–Crippen LogP) is 3.47. The van der Waals surface area contributed by atoms with Gasteiger partial charge in [0, 0.05) is 16.4 Å². The second-order valence-electron chi connectivity index (χ2n) is 5.84. The predicted molar refractivity (Wildman–Crippen MR) is 90.3 cm³/mol. The van der Waals surface area contributed by atoms with E-state index in [0.29, 0.717) is 22.2 Å². The van der Waals surface area contributed by atoms with Gasteiger partial charge in [0.25, 0.3) is 5.91 Å². The maximum atomic E-state index is 12.8. The quantitative estimate of drug-likeness (QED) is 0.903. The molecule has 1 aromatic carbocycles. The standard InChI is InChI=1S/C16H18ClN5O/c1-9(2)14-13(10(3)20-16-18-8-19-22(14)16)15(23)21-12-6-4-11(17)5-7-12/h4-9,14H,1-3H3,(H,21,23)(H,18,19,20)/t14-/m0/s1. The highest BCUT2D eigenvalue weighted by Gasteiger charge is 2.34. The third-order valence-electron chi connectivity index (χ3n) is 3.81. The molecule has 0 spiro atoms. The van der Waals surface area contributed by atoms with E-state index in [0.717, 1.165) is 5.70 Å². The van der Waals surface area contributed by atoms with Gasteiger partial charge in [-0.15, -0.1) is 0 Å². The van der Waals surface area contributed by atoms with E-state index >= 15 is 0 Å². The number of carbonyl (C=O) groups excluding carboxylic acids is 1. The summed E-state index contributed by atoms with van der Waals surface area (Å²) in [6, 6.07) is 6.87. The first-order valence-corrected chi connectivity index (χ1v) is 7.79. The fourth-order valence-electron chi connectivity index (χ4n) is 2.77. The zero-order valence-electron chi connectivity index (χ0n) is 13.2. The summed E-state index contributed by atoms with van der Waals surface area (Å²) in [5.74, 6) is 0.694. The van der Waals surface area contributed by atoms with Crippen molar-refractivity contribution in [1.29, 1.82) is 0 Å². The Morgan fingerprint density at radius 3 is 2.70 bits per heavy atom. The van der Waals surface area contributed by atoms with Gasteiger partial charge in [0.15, 0.2) is 0 Å². The molecule has 1 aromatic heterocycles. The SMILES string of the molecule is CC1=C(C(=O)Nc2ccc(Cl)cc2)[C@H](C(C)C)n2ncnc2N1. The molecule has 1 aliphatic rings. The van der Waals surface area contributed by atoms with Gasteiger partial charge in [0.1, 0.15) is 6.33 Å². The third kappa shape index (κ3) is 2.94. The highest BCUT2D eigenvalue weighted by atomic mass is 35.5. The van der Waals surface area contributed by atoms with Crippen molar-refractivity contribution >= 4 is 29.1 Å². The van der Waals surface area contributed by atoms with Crippen LogP contribution in [0.5, 0.6) is 0 Å². The van der Waals surface area contributed by atoms with Crippen LogP contribution in [-0.2, 0) is 4.79 Å². The molecule has 7 heteroatoms. The van der Waals surface area contributed by atoms with E-state index in [-0.39, 0.29) is 17.9 Å². The van der Waals surface area contributed by atoms with Crippen molar-refractivity contribution in [2.24, 2.45) is 5.92 Å². The Labute approximate surface area is 139 Å². The first kappa shape index (κ1) is 15.6. The van der Waals surface area contributed by atoms with Crippen LogP contribution in [0.2, 0.25) is 5.02 Å². The number of amides is 1. The van der Waals surface area contributed by atoms with Crippen LogP contribution >= 0.6 is 11.6 Å². The third-order valence-corrected chi connectivity index (χ3v) is 4.07. The van der Waals surface area contributed by atoms with Crippen LogP contribution < -0.4 is 10.6 Å². The molecule has 0 bridgehead atoms. The number of nitrogens with one attached hydrogen (secondary N) is 2. The zero-order chi connectivity index (χ0) is 16.6. The molecular weight excluding hydrogens is 314 g/mol. The summed E-state index contributed by atoms with van der Waals surface area (Å²) in [4.78, 5) is 17.0. The van der Waals surface area contributed by atoms with E-state index in [4.69, 9.17) is 11.6 Å². The number of halogens is 1. The monoisotopic (exact) mass is 331 g/mol. The molecule has 0 unspecified atom stereocenters. The van der Waals surface area contributed by atoms with E-state index in [1.54, 1.807) is 28.9 Å². The number of benzene rings is 1. The van der Waals surface area contributed by atoms with Gasteiger partial charge in [0.05, 0.1) is 11.6 Å². The topological polar surface area (TPSA) is 71.8 Å². The summed E-state index contributed by atoms with van der Waals surface area (Å²) in [5.41, 5.74) is 2.15. The molecule has 1 atom stereocenters. The first-order chi connectivity index (χ1) is 11.0. The Morgan fingerprint density at radius 1 is 1.35 bits per heavy atom. The van der Waals surface area contributed by atoms with Gasteiger partial charge >= 0.3 is 0 Å². The summed E-state index contributed by atoms with van der Waals surface area (Å²) in [7, 11) is 0. The van der Waals surface area contributed by atoms with Gasteiger partial charge < -0.3 is 10.6 Å². The number of fused-ring (bicyclic) bond motifs is 1. The fraction of sp³-hybridized carbons (Fsp3) is 0.312. The van der Waals surface area contributed by atoms with Crippen LogP contribution in [0.15, 0.2) is 41.9 Å². The number of rotatable bonds is 3. The Kier molecular flexibility index (Phi) is 4.09. The number of carbonyl (C=O) groups is 1. The van der Waals surface area contributed by atoms with Crippen LogP contribution in [0.3, 0.4) is 0 Å². The molecule has 120 valence electrons. The Morgan fingerprint density at radius 2 is 2.04 bits per heavy atom. The summed E-state index contributed by atoms with van der Waals surface area (Å²) >= 11 is 5.88. The molecule has 2 N–H and O–H groups in total. The van der Waals surface area contributed by atoms with Crippen LogP contribution in [0.25, 0.3) is 0 Å². The van der Waals surface area contributed by atoms with Crippen molar-refractivity contribution in [3.63, 3.8) is 0 Å². The molecule has 0 fully saturated rings. The summed E-state index contributed by atoms with van der Waals surface area (Å²) < 4.78 is 1.76. The first-order valence-electron chi connectivity index (χ1n) is 7.41. The second kappa shape index (κ2) is 6.04. The van der Waals surface area contributed by atoms with E-state index in [2.05, 4.69) is 34.6 Å². The lowest BCUT2D eigenvalue weighted by molar-refractivity contribution is -0.113. The van der Waals surface area contributed by atoms with E-state index in [9.17, 15) is 4.79 Å². The molecule has 0 saturated heterocycles. The average Bonchev–Trinajstić information content (AvgIpc) is 2.95. The molecule has 2 aromatic rings. The molecule has 3 rings (SSSR count). The lowest BCUT2D eigenvalue weighted by atomic mass is 9.92. The lowest BCUT2D eigenvalue weighted by Gasteiger charge is -2.30. The Bertz CT molecular complexity index is 763. The average molecular weight is 332 g/mol. The number of anilines is 2. The van der Waals surface area contributed by atoms with Crippen molar-refractivity contribution in [1.82, 2.24) is 14.8 Å². The Hall–Kier alpha value is -2.34. The van der Waals surface area contributed by atoms with Gasteiger partial charge in [-0.25, -0.2) is 4.68 Å². The number of allylic oxidation sites excluding steroid dienone is 1. The molecule has 0 saturated carbocycles. The van der Waals surface area contributed by atoms with E-state index < -0.39 is 0 Å². The Balaban J connectivity index is 1.92. The minimum atomic E-state index is -0.166. The van der Waals surface area contributed by atoms with Gasteiger partial charge in [-0.05, 0) is 37.1 Å². The highest BCUT2D eigenvalue weighted by Crippen LogP contribution is 2.35. The lowest BCUT2D eigenvalue weighted by Crippen LogP contribution is -2.33. The van der Waals surface area contributed by atoms with Crippen molar-refractivity contribution in [3.05, 3.63) is 46.9 Å². The number of nitrogens with zero attached hydrogens (tertiary/aromatic N) is 3. The minimum Gasteiger partial charge on any atom is -0.328 e. The van der Waals surface area contributed by atoms with E-state index in [1.807, 2.05) is 6.92 Å². The largest absolute Gasteiger partial charge is 0.328 e. The molecule has 1 aliphatic heterocycles. The second-order valence-corrected chi connectivity index (χ2v) is 6.28. The molecule has 1 amide bonds. The number of hydrogen-bond donors (Lipinski definition) is 2. The van der Waals surface area contributed by atoms with Gasteiger partial charge in [-0.3, -0.25) is 4.79 Å². The van der Waals surface area contributed by atoms with Crippen molar-refractivity contribution in [3.8, 4) is 0 Å². The van der Waals surface area contributed by atoms with Crippen molar-refractivity contribution < 1.29 is 4.79 Å². The summed E-state index contributed by atoms with van der Waals surface area (Å²) in [6.45, 7) is 6.00. The molecule has 23 heavy (non-hydrogen) atoms. The molecule has 2 heterocycles. The van der Waals surface area contributed by atoms with Gasteiger partial charge in [0.2, 0.25) is 5.95 Å². The highest BCUT2D eigenvalue weighted by molar-refractivity contribution is 6.30. The normalized spacial score (nSPS) is 17.0. The van der Waals surface area contributed by atoms with E-state index in [1.165, 1.54) is 6.33 Å². The van der Waals surface area contributed by atoms with Crippen LogP contribution in [0, 0.1) is 5.92 Å². The van der Waals surface area contributed by atoms with Crippen molar-refractivity contribution in [2.45, 2.75) is 26.8 Å². The van der Waals surface area contributed by atoms with Crippen molar-refractivity contribution in [2.75, 3.05) is 10.6 Å². The number of aromatic nitrogens is 3.